The molecule has 0 aliphatic rings. The van der Waals surface area contributed by atoms with Crippen molar-refractivity contribution in [2.75, 3.05) is 12.4 Å². The molecular formula is C15H12Br2ClNO2. The first-order valence-electron chi connectivity index (χ1n) is 6.06. The fourth-order valence-electron chi connectivity index (χ4n) is 1.85. The van der Waals surface area contributed by atoms with Crippen LogP contribution in [-0.2, 0) is 9.53 Å². The largest absolute Gasteiger partial charge is 0.467 e. The van der Waals surface area contributed by atoms with Gasteiger partial charge in [0.05, 0.1) is 7.11 Å². The Kier molecular flexibility index (Phi) is 5.67. The average molecular weight is 434 g/mol. The number of ether oxygens (including phenoxy) is 1. The van der Waals surface area contributed by atoms with Gasteiger partial charge in [0, 0.05) is 19.7 Å². The zero-order valence-corrected chi connectivity index (χ0v) is 15.0. The minimum absolute atomic E-state index is 0.381. The maximum Gasteiger partial charge on any atom is 0.333 e. The highest BCUT2D eigenvalue weighted by atomic mass is 79.9. The Morgan fingerprint density at radius 1 is 1.19 bits per heavy atom. The summed E-state index contributed by atoms with van der Waals surface area (Å²) in [4.78, 5) is 12.1. The standard InChI is InChI=1S/C15H12Br2ClNO2/c1-21-15(20)14(10-7-6-9(18)8-12(10)17)19-13-5-3-2-4-11(13)16/h2-8,14,19H,1H3. The fraction of sp³-hybridized carbons (Fsp3) is 0.133. The van der Waals surface area contributed by atoms with Crippen molar-refractivity contribution in [2.45, 2.75) is 6.04 Å². The normalized spacial score (nSPS) is 11.8. The molecular weight excluding hydrogens is 421 g/mol. The van der Waals surface area contributed by atoms with E-state index in [2.05, 4.69) is 37.2 Å². The van der Waals surface area contributed by atoms with Gasteiger partial charge in [-0.3, -0.25) is 0 Å². The Morgan fingerprint density at radius 2 is 1.90 bits per heavy atom. The Labute approximate surface area is 144 Å². The topological polar surface area (TPSA) is 38.3 Å². The molecule has 2 aromatic carbocycles. The molecule has 6 heteroatoms. The fourth-order valence-corrected chi connectivity index (χ4v) is 3.16. The predicted molar refractivity (Wildman–Crippen MR) is 91.7 cm³/mol. The molecule has 0 aliphatic carbocycles. The van der Waals surface area contributed by atoms with E-state index in [1.807, 2.05) is 24.3 Å². The molecule has 0 heterocycles. The third-order valence-corrected chi connectivity index (χ3v) is 4.50. The Morgan fingerprint density at radius 3 is 2.52 bits per heavy atom. The summed E-state index contributed by atoms with van der Waals surface area (Å²) in [6.07, 6.45) is 0. The minimum Gasteiger partial charge on any atom is -0.467 e. The maximum atomic E-state index is 12.1. The number of hydrogen-bond donors (Lipinski definition) is 1. The first-order chi connectivity index (χ1) is 10.0. The van der Waals surface area contributed by atoms with Crippen LogP contribution in [-0.4, -0.2) is 13.1 Å². The Balaban J connectivity index is 2.40. The summed E-state index contributed by atoms with van der Waals surface area (Å²) in [7, 11) is 1.36. The van der Waals surface area contributed by atoms with Crippen molar-refractivity contribution in [1.82, 2.24) is 0 Å². The first kappa shape index (κ1) is 16.3. The van der Waals surface area contributed by atoms with Gasteiger partial charge in [0.1, 0.15) is 0 Å². The smallest absolute Gasteiger partial charge is 0.333 e. The van der Waals surface area contributed by atoms with Gasteiger partial charge in [0.25, 0.3) is 0 Å². The number of esters is 1. The molecule has 21 heavy (non-hydrogen) atoms. The second kappa shape index (κ2) is 7.29. The lowest BCUT2D eigenvalue weighted by atomic mass is 10.1. The van der Waals surface area contributed by atoms with Crippen LogP contribution in [0.1, 0.15) is 11.6 Å². The monoisotopic (exact) mass is 431 g/mol. The lowest BCUT2D eigenvalue weighted by molar-refractivity contribution is -0.141. The van der Waals surface area contributed by atoms with Gasteiger partial charge in [-0.2, -0.15) is 0 Å². The third kappa shape index (κ3) is 3.99. The van der Waals surface area contributed by atoms with E-state index in [4.69, 9.17) is 16.3 Å². The Hall–Kier alpha value is -1.04. The molecule has 1 unspecified atom stereocenters. The molecule has 2 aromatic rings. The summed E-state index contributed by atoms with van der Waals surface area (Å²) >= 11 is 12.8. The van der Waals surface area contributed by atoms with Crippen LogP contribution >= 0.6 is 43.5 Å². The van der Waals surface area contributed by atoms with E-state index in [1.54, 1.807) is 18.2 Å². The van der Waals surface area contributed by atoms with E-state index >= 15 is 0 Å². The second-order valence-corrected chi connectivity index (χ2v) is 6.39. The lowest BCUT2D eigenvalue weighted by Crippen LogP contribution is -2.23. The third-order valence-electron chi connectivity index (χ3n) is 2.88. The van der Waals surface area contributed by atoms with Crippen molar-refractivity contribution in [3.8, 4) is 0 Å². The van der Waals surface area contributed by atoms with E-state index < -0.39 is 6.04 Å². The molecule has 0 amide bonds. The number of nitrogens with one attached hydrogen (secondary N) is 1. The molecule has 0 saturated carbocycles. The van der Waals surface area contributed by atoms with Crippen LogP contribution in [0.2, 0.25) is 5.02 Å². The molecule has 1 atom stereocenters. The molecule has 0 saturated heterocycles. The Bertz CT molecular complexity index is 664. The van der Waals surface area contributed by atoms with Gasteiger partial charge in [0.2, 0.25) is 0 Å². The molecule has 0 fully saturated rings. The first-order valence-corrected chi connectivity index (χ1v) is 8.03. The van der Waals surface area contributed by atoms with E-state index in [9.17, 15) is 4.79 Å². The molecule has 3 nitrogen and oxygen atoms in total. The van der Waals surface area contributed by atoms with Crippen molar-refractivity contribution in [1.29, 1.82) is 0 Å². The molecule has 2 rings (SSSR count). The number of hydrogen-bond acceptors (Lipinski definition) is 3. The van der Waals surface area contributed by atoms with Crippen LogP contribution in [0.4, 0.5) is 5.69 Å². The molecule has 0 bridgehead atoms. The summed E-state index contributed by atoms with van der Waals surface area (Å²) in [6, 6.07) is 12.2. The lowest BCUT2D eigenvalue weighted by Gasteiger charge is -2.20. The van der Waals surface area contributed by atoms with E-state index in [1.165, 1.54) is 7.11 Å². The highest BCUT2D eigenvalue weighted by Gasteiger charge is 2.24. The number of carbonyl (C=O) groups is 1. The average Bonchev–Trinajstić information content (AvgIpc) is 2.46. The van der Waals surface area contributed by atoms with Crippen molar-refractivity contribution in [2.24, 2.45) is 0 Å². The highest BCUT2D eigenvalue weighted by Crippen LogP contribution is 2.32. The van der Waals surface area contributed by atoms with Crippen molar-refractivity contribution < 1.29 is 9.53 Å². The van der Waals surface area contributed by atoms with Gasteiger partial charge >= 0.3 is 5.97 Å². The molecule has 110 valence electrons. The van der Waals surface area contributed by atoms with Gasteiger partial charge in [0.15, 0.2) is 6.04 Å². The molecule has 0 aliphatic heterocycles. The number of carbonyl (C=O) groups excluding carboxylic acids is 1. The highest BCUT2D eigenvalue weighted by molar-refractivity contribution is 9.11. The number of rotatable bonds is 4. The molecule has 1 N–H and O–H groups in total. The van der Waals surface area contributed by atoms with E-state index in [0.717, 1.165) is 20.2 Å². The minimum atomic E-state index is -0.639. The van der Waals surface area contributed by atoms with Crippen molar-refractivity contribution in [3.63, 3.8) is 0 Å². The van der Waals surface area contributed by atoms with Crippen molar-refractivity contribution in [3.05, 3.63) is 62.0 Å². The molecule has 0 radical (unpaired) electrons. The van der Waals surface area contributed by atoms with Crippen LogP contribution in [0.15, 0.2) is 51.4 Å². The predicted octanol–water partition coefficient (Wildman–Crippen LogP) is 5.19. The van der Waals surface area contributed by atoms with Crippen LogP contribution in [0.5, 0.6) is 0 Å². The number of halogens is 3. The SMILES string of the molecule is COC(=O)C(Nc1ccccc1Br)c1ccc(Cl)cc1Br. The number of anilines is 1. The van der Waals surface area contributed by atoms with E-state index in [-0.39, 0.29) is 5.97 Å². The maximum absolute atomic E-state index is 12.1. The number of methoxy groups -OCH3 is 1. The van der Waals surface area contributed by atoms with Gasteiger partial charge in [-0.15, -0.1) is 0 Å². The van der Waals surface area contributed by atoms with Gasteiger partial charge in [-0.05, 0) is 45.8 Å². The molecule has 0 spiro atoms. The number of para-hydroxylation sites is 1. The van der Waals surface area contributed by atoms with E-state index in [0.29, 0.717) is 5.02 Å². The summed E-state index contributed by atoms with van der Waals surface area (Å²) in [5.41, 5.74) is 1.55. The summed E-state index contributed by atoms with van der Waals surface area (Å²) in [5.74, 6) is -0.381. The molecule has 0 aromatic heterocycles. The van der Waals surface area contributed by atoms with Crippen molar-refractivity contribution >= 4 is 55.1 Å². The van der Waals surface area contributed by atoms with Crippen LogP contribution < -0.4 is 5.32 Å². The summed E-state index contributed by atoms with van der Waals surface area (Å²) in [6.45, 7) is 0. The van der Waals surface area contributed by atoms with Gasteiger partial charge in [-0.1, -0.05) is 45.7 Å². The zero-order valence-electron chi connectivity index (χ0n) is 11.1. The second-order valence-electron chi connectivity index (χ2n) is 4.25. The quantitative estimate of drug-likeness (QED) is 0.675. The zero-order chi connectivity index (χ0) is 15.4. The van der Waals surface area contributed by atoms with Crippen LogP contribution in [0, 0.1) is 0 Å². The van der Waals surface area contributed by atoms with Crippen LogP contribution in [0.3, 0.4) is 0 Å². The summed E-state index contributed by atoms with van der Waals surface area (Å²) in [5, 5.41) is 3.77. The number of benzene rings is 2. The van der Waals surface area contributed by atoms with Gasteiger partial charge < -0.3 is 10.1 Å². The summed E-state index contributed by atoms with van der Waals surface area (Å²) < 4.78 is 6.50. The van der Waals surface area contributed by atoms with Crippen LogP contribution in [0.25, 0.3) is 0 Å². The van der Waals surface area contributed by atoms with Gasteiger partial charge in [-0.25, -0.2) is 4.79 Å².